The van der Waals surface area contributed by atoms with E-state index in [1.807, 2.05) is 21.9 Å². The summed E-state index contributed by atoms with van der Waals surface area (Å²) in [6, 6.07) is 8.66. The second kappa shape index (κ2) is 12.2. The van der Waals surface area contributed by atoms with Crippen LogP contribution in [0.5, 0.6) is 0 Å². The van der Waals surface area contributed by atoms with Gasteiger partial charge in [-0.25, -0.2) is 0 Å². The summed E-state index contributed by atoms with van der Waals surface area (Å²) in [6.07, 6.45) is -0.580. The summed E-state index contributed by atoms with van der Waals surface area (Å²) in [5, 5.41) is 0. The van der Waals surface area contributed by atoms with Crippen LogP contribution in [0.3, 0.4) is 0 Å². The van der Waals surface area contributed by atoms with Gasteiger partial charge < -0.3 is 9.80 Å². The Labute approximate surface area is 243 Å². The van der Waals surface area contributed by atoms with Crippen LogP contribution in [0.25, 0.3) is 0 Å². The fourth-order valence-electron chi connectivity index (χ4n) is 5.87. The Morgan fingerprint density at radius 3 is 2.17 bits per heavy atom. The summed E-state index contributed by atoms with van der Waals surface area (Å²) >= 11 is 3.42. The minimum atomic E-state index is -4.41. The standard InChI is InChI=1S/C30H38BrF3N4O2/c1-20(39)36-13-11-21(12-14-36)17-27(40)38-16-15-37(19-26(38)29(2,3)4)28(25-10-9-24(31)18-35-25)22-5-7-23(8-6-22)30(32,33)34/h5-10,18,21,26,28H,11-17,19H2,1-4H3. The lowest BCUT2D eigenvalue weighted by Crippen LogP contribution is -2.60. The lowest BCUT2D eigenvalue weighted by molar-refractivity contribution is -0.141. The summed E-state index contributed by atoms with van der Waals surface area (Å²) in [4.78, 5) is 36.0. The Balaban J connectivity index is 1.56. The molecule has 1 aromatic heterocycles. The molecule has 2 aliphatic rings. The topological polar surface area (TPSA) is 56.8 Å². The van der Waals surface area contributed by atoms with Crippen molar-refractivity contribution in [3.63, 3.8) is 0 Å². The van der Waals surface area contributed by atoms with Crippen molar-refractivity contribution in [1.82, 2.24) is 19.7 Å². The maximum atomic E-state index is 13.6. The van der Waals surface area contributed by atoms with Gasteiger partial charge in [0.25, 0.3) is 0 Å². The molecule has 0 radical (unpaired) electrons. The van der Waals surface area contributed by atoms with Crippen molar-refractivity contribution >= 4 is 27.7 Å². The van der Waals surface area contributed by atoms with Crippen molar-refractivity contribution in [2.45, 2.75) is 65.2 Å². The van der Waals surface area contributed by atoms with Crippen molar-refractivity contribution in [1.29, 1.82) is 0 Å². The molecule has 2 saturated heterocycles. The Kier molecular flexibility index (Phi) is 9.29. The molecule has 2 unspecified atom stereocenters. The van der Waals surface area contributed by atoms with E-state index in [0.717, 1.165) is 40.7 Å². The van der Waals surface area contributed by atoms with Gasteiger partial charge >= 0.3 is 6.18 Å². The number of likely N-dealkylation sites (tertiary alicyclic amines) is 1. The highest BCUT2D eigenvalue weighted by Crippen LogP contribution is 2.37. The first-order valence-corrected chi connectivity index (χ1v) is 14.6. The molecule has 1 aromatic carbocycles. The van der Waals surface area contributed by atoms with E-state index in [4.69, 9.17) is 0 Å². The lowest BCUT2D eigenvalue weighted by atomic mass is 9.82. The maximum Gasteiger partial charge on any atom is 0.416 e. The zero-order valence-corrected chi connectivity index (χ0v) is 25.1. The number of pyridine rings is 1. The minimum absolute atomic E-state index is 0.0801. The molecule has 0 N–H and O–H groups in total. The van der Waals surface area contributed by atoms with Gasteiger partial charge in [0.15, 0.2) is 0 Å². The summed E-state index contributed by atoms with van der Waals surface area (Å²) in [5.41, 5.74) is 0.570. The third-order valence-corrected chi connectivity index (χ3v) is 8.67. The Morgan fingerprint density at radius 1 is 1.00 bits per heavy atom. The highest BCUT2D eigenvalue weighted by Gasteiger charge is 2.41. The van der Waals surface area contributed by atoms with Gasteiger partial charge in [-0.1, -0.05) is 32.9 Å². The average molecular weight is 624 g/mol. The number of carbonyl (C=O) groups is 2. The average Bonchev–Trinajstić information content (AvgIpc) is 2.89. The van der Waals surface area contributed by atoms with E-state index >= 15 is 0 Å². The molecule has 3 heterocycles. The number of rotatable bonds is 5. The number of aromatic nitrogens is 1. The molecule has 2 aromatic rings. The second-order valence-corrected chi connectivity index (χ2v) is 13.0. The summed E-state index contributed by atoms with van der Waals surface area (Å²) in [6.45, 7) is 11.0. The van der Waals surface area contributed by atoms with E-state index in [0.29, 0.717) is 39.1 Å². The first-order chi connectivity index (χ1) is 18.7. The monoisotopic (exact) mass is 622 g/mol. The number of hydrogen-bond acceptors (Lipinski definition) is 4. The van der Waals surface area contributed by atoms with Crippen LogP contribution >= 0.6 is 15.9 Å². The molecule has 40 heavy (non-hydrogen) atoms. The van der Waals surface area contributed by atoms with Crippen LogP contribution in [0.2, 0.25) is 0 Å². The quantitative estimate of drug-likeness (QED) is 0.401. The van der Waals surface area contributed by atoms with Gasteiger partial charge in [0.05, 0.1) is 17.3 Å². The van der Waals surface area contributed by atoms with Gasteiger partial charge in [0.2, 0.25) is 11.8 Å². The van der Waals surface area contributed by atoms with E-state index in [1.54, 1.807) is 13.1 Å². The van der Waals surface area contributed by atoms with Gasteiger partial charge in [-0.2, -0.15) is 13.2 Å². The van der Waals surface area contributed by atoms with Crippen molar-refractivity contribution < 1.29 is 22.8 Å². The molecular weight excluding hydrogens is 585 g/mol. The number of halogens is 4. The number of nitrogens with zero attached hydrogens (tertiary/aromatic N) is 4. The van der Waals surface area contributed by atoms with Crippen LogP contribution < -0.4 is 0 Å². The van der Waals surface area contributed by atoms with Crippen LogP contribution in [0.4, 0.5) is 13.2 Å². The largest absolute Gasteiger partial charge is 0.416 e. The molecule has 218 valence electrons. The first kappa shape index (κ1) is 30.5. The summed E-state index contributed by atoms with van der Waals surface area (Å²) < 4.78 is 40.7. The Morgan fingerprint density at radius 2 is 1.65 bits per heavy atom. The Bertz CT molecular complexity index is 1170. The summed E-state index contributed by atoms with van der Waals surface area (Å²) in [7, 11) is 0. The molecule has 0 saturated carbocycles. The fraction of sp³-hybridized carbons (Fsp3) is 0.567. The Hall–Kier alpha value is -2.46. The molecular formula is C30H38BrF3N4O2. The highest BCUT2D eigenvalue weighted by atomic mass is 79.9. The van der Waals surface area contributed by atoms with Gasteiger partial charge in [-0.15, -0.1) is 0 Å². The number of carbonyl (C=O) groups excluding carboxylic acids is 2. The molecule has 10 heteroatoms. The van der Waals surface area contributed by atoms with E-state index in [-0.39, 0.29) is 35.2 Å². The first-order valence-electron chi connectivity index (χ1n) is 13.8. The fourth-order valence-corrected chi connectivity index (χ4v) is 6.10. The lowest BCUT2D eigenvalue weighted by Gasteiger charge is -2.49. The van der Waals surface area contributed by atoms with Gasteiger partial charge in [-0.3, -0.25) is 19.5 Å². The highest BCUT2D eigenvalue weighted by molar-refractivity contribution is 9.10. The van der Waals surface area contributed by atoms with Gasteiger partial charge in [-0.05, 0) is 69.9 Å². The molecule has 0 spiro atoms. The molecule has 2 fully saturated rings. The zero-order chi connectivity index (χ0) is 29.2. The van der Waals surface area contributed by atoms with Crippen molar-refractivity contribution in [3.05, 3.63) is 63.9 Å². The number of alkyl halides is 3. The van der Waals surface area contributed by atoms with Crippen LogP contribution in [0.15, 0.2) is 47.1 Å². The summed E-state index contributed by atoms with van der Waals surface area (Å²) in [5.74, 6) is 0.471. The second-order valence-electron chi connectivity index (χ2n) is 12.0. The number of piperazine rings is 1. The van der Waals surface area contributed by atoms with Gasteiger partial charge in [0, 0.05) is 62.8 Å². The maximum absolute atomic E-state index is 13.6. The molecule has 2 amide bonds. The van der Waals surface area contributed by atoms with Crippen LogP contribution in [-0.4, -0.2) is 70.3 Å². The SMILES string of the molecule is CC(=O)N1CCC(CC(=O)N2CCN(C(c3ccc(C(F)(F)F)cc3)c3ccc(Br)cn3)CC2C(C)(C)C)CC1. The third kappa shape index (κ3) is 7.24. The van der Waals surface area contributed by atoms with E-state index in [9.17, 15) is 22.8 Å². The molecule has 2 aliphatic heterocycles. The number of amides is 2. The molecule has 4 rings (SSSR count). The number of piperidine rings is 1. The third-order valence-electron chi connectivity index (χ3n) is 8.20. The molecule has 6 nitrogen and oxygen atoms in total. The van der Waals surface area contributed by atoms with E-state index in [1.165, 1.54) is 12.1 Å². The number of hydrogen-bond donors (Lipinski definition) is 0. The predicted molar refractivity (Wildman–Crippen MR) is 151 cm³/mol. The number of benzene rings is 1. The minimum Gasteiger partial charge on any atom is -0.343 e. The van der Waals surface area contributed by atoms with Crippen molar-refractivity contribution in [3.8, 4) is 0 Å². The molecule has 0 aliphatic carbocycles. The van der Waals surface area contributed by atoms with Crippen LogP contribution in [0.1, 0.15) is 69.8 Å². The van der Waals surface area contributed by atoms with Gasteiger partial charge in [0.1, 0.15) is 0 Å². The normalized spacial score (nSPS) is 20.4. The molecule has 0 bridgehead atoms. The van der Waals surface area contributed by atoms with Crippen molar-refractivity contribution in [2.75, 3.05) is 32.7 Å². The zero-order valence-electron chi connectivity index (χ0n) is 23.5. The van der Waals surface area contributed by atoms with Crippen molar-refractivity contribution in [2.24, 2.45) is 11.3 Å². The van der Waals surface area contributed by atoms with Crippen LogP contribution in [0, 0.1) is 11.3 Å². The van der Waals surface area contributed by atoms with E-state index in [2.05, 4.69) is 46.6 Å². The smallest absolute Gasteiger partial charge is 0.343 e. The van der Waals surface area contributed by atoms with E-state index < -0.39 is 11.7 Å². The van der Waals surface area contributed by atoms with Crippen LogP contribution in [-0.2, 0) is 15.8 Å². The molecule has 2 atom stereocenters. The predicted octanol–water partition coefficient (Wildman–Crippen LogP) is 6.16.